The molecule has 0 saturated carbocycles. The Hall–Kier alpha value is -3.29. The van der Waals surface area contributed by atoms with Crippen molar-refractivity contribution in [3.63, 3.8) is 0 Å². The number of anilines is 1. The number of benzene rings is 2. The Morgan fingerprint density at radius 2 is 1.80 bits per heavy atom. The van der Waals surface area contributed by atoms with Crippen molar-refractivity contribution < 1.29 is 23.6 Å². The molecule has 2 rings (SSSR count). The summed E-state index contributed by atoms with van der Waals surface area (Å²) in [5.41, 5.74) is -0.174. The van der Waals surface area contributed by atoms with Gasteiger partial charge in [0, 0.05) is 18.3 Å². The van der Waals surface area contributed by atoms with Gasteiger partial charge in [-0.2, -0.15) is 0 Å². The molecule has 0 saturated heterocycles. The fraction of sp³-hybridized carbons (Fsp3) is 0.176. The lowest BCUT2D eigenvalue weighted by Crippen LogP contribution is -2.34. The van der Waals surface area contributed by atoms with E-state index >= 15 is 0 Å². The fourth-order valence-electron chi connectivity index (χ4n) is 2.21. The summed E-state index contributed by atoms with van der Waals surface area (Å²) >= 11 is 0. The third-order valence-electron chi connectivity index (χ3n) is 3.40. The number of likely N-dealkylation sites (N-methyl/N-ethyl adjacent to an activating group) is 1. The molecule has 0 heterocycles. The van der Waals surface area contributed by atoms with E-state index in [0.29, 0.717) is 5.69 Å². The minimum Gasteiger partial charge on any atom is -0.452 e. The second kappa shape index (κ2) is 8.00. The number of nitro groups is 1. The summed E-state index contributed by atoms with van der Waals surface area (Å²) < 4.78 is 17.9. The second-order valence-electron chi connectivity index (χ2n) is 4.96. The van der Waals surface area contributed by atoms with E-state index in [-0.39, 0.29) is 12.1 Å². The summed E-state index contributed by atoms with van der Waals surface area (Å²) in [4.78, 5) is 35.8. The number of hydrogen-bond donors (Lipinski definition) is 0. The second-order valence-corrected chi connectivity index (χ2v) is 4.96. The van der Waals surface area contributed by atoms with Crippen molar-refractivity contribution >= 4 is 23.3 Å². The molecule has 1 amide bonds. The quantitative estimate of drug-likeness (QED) is 0.456. The topological polar surface area (TPSA) is 89.8 Å². The van der Waals surface area contributed by atoms with Crippen molar-refractivity contribution in [3.8, 4) is 0 Å². The lowest BCUT2D eigenvalue weighted by atomic mass is 10.2. The normalized spacial score (nSPS) is 10.2. The van der Waals surface area contributed by atoms with Crippen LogP contribution in [0, 0.1) is 15.9 Å². The standard InChI is InChI=1S/C17H15FN2O5/c1-2-19(13-9-7-12(18)8-10-13)16(21)11-25-17(22)14-5-3-4-6-15(14)20(23)24/h3-10H,2,11H2,1H3. The highest BCUT2D eigenvalue weighted by molar-refractivity contribution is 5.98. The molecule has 2 aromatic rings. The first-order valence-electron chi connectivity index (χ1n) is 7.40. The van der Waals surface area contributed by atoms with Crippen molar-refractivity contribution in [2.45, 2.75) is 6.92 Å². The molecule has 0 aliphatic carbocycles. The average molecular weight is 346 g/mol. The summed E-state index contributed by atoms with van der Waals surface area (Å²) in [6, 6.07) is 10.6. The predicted octanol–water partition coefficient (Wildman–Crippen LogP) is 2.94. The zero-order valence-corrected chi connectivity index (χ0v) is 13.3. The molecule has 0 spiro atoms. The van der Waals surface area contributed by atoms with E-state index in [1.54, 1.807) is 6.92 Å². The molecule has 8 heteroatoms. The molecule has 0 atom stereocenters. The number of carbonyl (C=O) groups excluding carboxylic acids is 2. The Morgan fingerprint density at radius 1 is 1.16 bits per heavy atom. The molecule has 0 aromatic heterocycles. The molecule has 0 bridgehead atoms. The highest BCUT2D eigenvalue weighted by Gasteiger charge is 2.22. The Bertz CT molecular complexity index is 792. The number of hydrogen-bond acceptors (Lipinski definition) is 5. The molecule has 25 heavy (non-hydrogen) atoms. The number of amides is 1. The van der Waals surface area contributed by atoms with Gasteiger partial charge >= 0.3 is 5.97 Å². The third-order valence-corrected chi connectivity index (χ3v) is 3.40. The van der Waals surface area contributed by atoms with E-state index in [9.17, 15) is 24.1 Å². The van der Waals surface area contributed by atoms with Crippen LogP contribution in [0.1, 0.15) is 17.3 Å². The van der Waals surface area contributed by atoms with E-state index < -0.39 is 34.9 Å². The van der Waals surface area contributed by atoms with Crippen molar-refractivity contribution in [2.24, 2.45) is 0 Å². The SMILES string of the molecule is CCN(C(=O)COC(=O)c1ccccc1[N+](=O)[O-])c1ccc(F)cc1. The number of nitro benzene ring substituents is 1. The molecule has 7 nitrogen and oxygen atoms in total. The van der Waals surface area contributed by atoms with Gasteiger partial charge in [0.05, 0.1) is 4.92 Å². The number of halogens is 1. The van der Waals surface area contributed by atoms with Crippen LogP contribution in [-0.2, 0) is 9.53 Å². The van der Waals surface area contributed by atoms with Crippen molar-refractivity contribution in [1.29, 1.82) is 0 Å². The van der Waals surface area contributed by atoms with Crippen LogP contribution in [-0.4, -0.2) is 30.0 Å². The third kappa shape index (κ3) is 4.37. The van der Waals surface area contributed by atoms with Crippen molar-refractivity contribution in [3.05, 3.63) is 70.0 Å². The molecular weight excluding hydrogens is 331 g/mol. The molecule has 0 aliphatic rings. The van der Waals surface area contributed by atoms with Crippen molar-refractivity contribution in [1.82, 2.24) is 0 Å². The average Bonchev–Trinajstić information content (AvgIpc) is 2.61. The van der Waals surface area contributed by atoms with Crippen molar-refractivity contribution in [2.75, 3.05) is 18.1 Å². The lowest BCUT2D eigenvalue weighted by Gasteiger charge is -2.20. The van der Waals surface area contributed by atoms with Gasteiger partial charge < -0.3 is 9.64 Å². The monoisotopic (exact) mass is 346 g/mol. The van der Waals surface area contributed by atoms with Crippen LogP contribution in [0.5, 0.6) is 0 Å². The van der Waals surface area contributed by atoms with Gasteiger partial charge in [-0.05, 0) is 37.3 Å². The Kier molecular flexibility index (Phi) is 5.78. The predicted molar refractivity (Wildman–Crippen MR) is 87.8 cm³/mol. The molecule has 130 valence electrons. The fourth-order valence-corrected chi connectivity index (χ4v) is 2.21. The van der Waals surface area contributed by atoms with E-state index in [1.165, 1.54) is 53.4 Å². The summed E-state index contributed by atoms with van der Waals surface area (Å²) in [5, 5.41) is 10.9. The molecule has 0 radical (unpaired) electrons. The van der Waals surface area contributed by atoms with Crippen LogP contribution in [0.4, 0.5) is 15.8 Å². The van der Waals surface area contributed by atoms with Gasteiger partial charge in [-0.1, -0.05) is 12.1 Å². The maximum atomic E-state index is 13.0. The number of nitrogens with zero attached hydrogens (tertiary/aromatic N) is 2. The number of rotatable bonds is 6. The summed E-state index contributed by atoms with van der Waals surface area (Å²) in [6.45, 7) is 1.41. The van der Waals surface area contributed by atoms with Gasteiger partial charge in [0.15, 0.2) is 6.61 Å². The zero-order chi connectivity index (χ0) is 18.4. The van der Waals surface area contributed by atoms with Gasteiger partial charge in [0.1, 0.15) is 11.4 Å². The molecule has 2 aromatic carbocycles. The number of esters is 1. The molecular formula is C17H15FN2O5. The van der Waals surface area contributed by atoms with Gasteiger partial charge in [0.25, 0.3) is 11.6 Å². The van der Waals surface area contributed by atoms with Crippen LogP contribution in [0.25, 0.3) is 0 Å². The number of ether oxygens (including phenoxy) is 1. The Labute approximate surface area is 142 Å². The highest BCUT2D eigenvalue weighted by Crippen LogP contribution is 2.19. The Morgan fingerprint density at radius 3 is 2.40 bits per heavy atom. The molecule has 0 fully saturated rings. The van der Waals surface area contributed by atoms with Crippen LogP contribution in [0.2, 0.25) is 0 Å². The van der Waals surface area contributed by atoms with Gasteiger partial charge in [0.2, 0.25) is 0 Å². The molecule has 0 N–H and O–H groups in total. The largest absolute Gasteiger partial charge is 0.452 e. The smallest absolute Gasteiger partial charge is 0.345 e. The van der Waals surface area contributed by atoms with E-state index in [4.69, 9.17) is 4.74 Å². The van der Waals surface area contributed by atoms with E-state index in [1.807, 2.05) is 0 Å². The summed E-state index contributed by atoms with van der Waals surface area (Å²) in [6.07, 6.45) is 0. The number of para-hydroxylation sites is 1. The maximum Gasteiger partial charge on any atom is 0.345 e. The first-order valence-corrected chi connectivity index (χ1v) is 7.40. The maximum absolute atomic E-state index is 13.0. The van der Waals surface area contributed by atoms with E-state index in [0.717, 1.165) is 0 Å². The van der Waals surface area contributed by atoms with Crippen LogP contribution in [0.3, 0.4) is 0 Å². The Balaban J connectivity index is 2.07. The minimum absolute atomic E-state index is 0.231. The lowest BCUT2D eigenvalue weighted by molar-refractivity contribution is -0.385. The highest BCUT2D eigenvalue weighted by atomic mass is 19.1. The zero-order valence-electron chi connectivity index (χ0n) is 13.3. The number of carbonyl (C=O) groups is 2. The van der Waals surface area contributed by atoms with Crippen LogP contribution in [0.15, 0.2) is 48.5 Å². The van der Waals surface area contributed by atoms with Crippen LogP contribution < -0.4 is 4.90 Å². The molecule has 0 aliphatic heterocycles. The summed E-state index contributed by atoms with van der Waals surface area (Å²) in [5.74, 6) is -1.92. The summed E-state index contributed by atoms with van der Waals surface area (Å²) in [7, 11) is 0. The first-order chi connectivity index (χ1) is 11.9. The first kappa shape index (κ1) is 18.1. The van der Waals surface area contributed by atoms with Gasteiger partial charge in [-0.25, -0.2) is 9.18 Å². The van der Waals surface area contributed by atoms with E-state index in [2.05, 4.69) is 0 Å². The molecule has 0 unspecified atom stereocenters. The minimum atomic E-state index is -0.962. The van der Waals surface area contributed by atoms with Gasteiger partial charge in [-0.3, -0.25) is 14.9 Å². The van der Waals surface area contributed by atoms with Crippen LogP contribution >= 0.6 is 0 Å². The van der Waals surface area contributed by atoms with Gasteiger partial charge in [-0.15, -0.1) is 0 Å².